The van der Waals surface area contributed by atoms with Crippen molar-refractivity contribution in [2.75, 3.05) is 24.5 Å². The summed E-state index contributed by atoms with van der Waals surface area (Å²) in [5, 5.41) is 6.35. The molecule has 3 amide bonds. The lowest BCUT2D eigenvalue weighted by molar-refractivity contribution is -0.138. The highest BCUT2D eigenvalue weighted by atomic mass is 32.1. The van der Waals surface area contributed by atoms with Crippen LogP contribution in [0.3, 0.4) is 0 Å². The Morgan fingerprint density at radius 2 is 2.30 bits per heavy atom. The van der Waals surface area contributed by atoms with E-state index in [2.05, 4.69) is 10.3 Å². The van der Waals surface area contributed by atoms with E-state index >= 15 is 0 Å². The highest BCUT2D eigenvalue weighted by molar-refractivity contribution is 7.14. The Kier molecular flexibility index (Phi) is 4.12. The van der Waals surface area contributed by atoms with Gasteiger partial charge in [-0.05, 0) is 0 Å². The Balaban J connectivity index is 1.89. The van der Waals surface area contributed by atoms with E-state index in [4.69, 9.17) is 0 Å². The Hall–Kier alpha value is -1.84. The van der Waals surface area contributed by atoms with Crippen LogP contribution >= 0.6 is 11.3 Å². The number of halogens is 3. The number of alkyl halides is 3. The standard InChI is InChI=1S/C10H11F3N4O2S/c11-10(12,13)5-15-7(18)3-6-4-20-9(16-6)17-2-1-14-8(17)19/h4H,1-3,5H2,(H,14,19)(H,15,18). The average molecular weight is 308 g/mol. The van der Waals surface area contributed by atoms with Gasteiger partial charge in [-0.25, -0.2) is 9.78 Å². The van der Waals surface area contributed by atoms with Crippen molar-refractivity contribution in [1.29, 1.82) is 0 Å². The summed E-state index contributed by atoms with van der Waals surface area (Å²) in [6.07, 6.45) is -4.68. The van der Waals surface area contributed by atoms with Crippen molar-refractivity contribution in [3.05, 3.63) is 11.1 Å². The van der Waals surface area contributed by atoms with Gasteiger partial charge in [-0.1, -0.05) is 0 Å². The largest absolute Gasteiger partial charge is 0.405 e. The molecule has 0 aromatic carbocycles. The Morgan fingerprint density at radius 1 is 1.55 bits per heavy atom. The second kappa shape index (κ2) is 5.65. The topological polar surface area (TPSA) is 74.3 Å². The zero-order valence-corrected chi connectivity index (χ0v) is 11.0. The fourth-order valence-corrected chi connectivity index (χ4v) is 2.43. The van der Waals surface area contributed by atoms with Crippen LogP contribution in [0.5, 0.6) is 0 Å². The van der Waals surface area contributed by atoms with Crippen molar-refractivity contribution in [3.63, 3.8) is 0 Å². The first-order chi connectivity index (χ1) is 9.35. The van der Waals surface area contributed by atoms with Gasteiger partial charge < -0.3 is 10.6 Å². The van der Waals surface area contributed by atoms with E-state index in [1.54, 1.807) is 10.7 Å². The van der Waals surface area contributed by atoms with Gasteiger partial charge in [0.2, 0.25) is 5.91 Å². The molecule has 1 saturated heterocycles. The first-order valence-corrected chi connectivity index (χ1v) is 6.56. The molecule has 10 heteroatoms. The maximum Gasteiger partial charge on any atom is 0.405 e. The van der Waals surface area contributed by atoms with Crippen molar-refractivity contribution < 1.29 is 22.8 Å². The molecule has 0 radical (unpaired) electrons. The second-order valence-corrected chi connectivity index (χ2v) is 4.91. The van der Waals surface area contributed by atoms with Gasteiger partial charge in [-0.15, -0.1) is 11.3 Å². The van der Waals surface area contributed by atoms with Crippen molar-refractivity contribution in [3.8, 4) is 0 Å². The molecule has 1 aromatic heterocycles. The predicted molar refractivity (Wildman–Crippen MR) is 65.6 cm³/mol. The van der Waals surface area contributed by atoms with Gasteiger partial charge in [0.25, 0.3) is 0 Å². The van der Waals surface area contributed by atoms with E-state index in [0.717, 1.165) is 0 Å². The number of aromatic nitrogens is 1. The molecule has 6 nitrogen and oxygen atoms in total. The quantitative estimate of drug-likeness (QED) is 0.867. The molecule has 1 aromatic rings. The molecular formula is C10H11F3N4O2S. The van der Waals surface area contributed by atoms with Crippen LogP contribution in [0.4, 0.5) is 23.1 Å². The predicted octanol–water partition coefficient (Wildman–Crippen LogP) is 0.894. The van der Waals surface area contributed by atoms with Gasteiger partial charge in [-0.2, -0.15) is 13.2 Å². The van der Waals surface area contributed by atoms with Crippen molar-refractivity contribution >= 4 is 28.4 Å². The minimum Gasteiger partial charge on any atom is -0.347 e. The highest BCUT2D eigenvalue weighted by Gasteiger charge is 2.28. The first kappa shape index (κ1) is 14.6. The summed E-state index contributed by atoms with van der Waals surface area (Å²) in [7, 11) is 0. The Bertz CT molecular complexity index is 517. The highest BCUT2D eigenvalue weighted by Crippen LogP contribution is 2.22. The third kappa shape index (κ3) is 3.83. The zero-order valence-electron chi connectivity index (χ0n) is 10.2. The monoisotopic (exact) mass is 308 g/mol. The number of carbonyl (C=O) groups is 2. The van der Waals surface area contributed by atoms with Crippen LogP contribution in [-0.2, 0) is 11.2 Å². The molecule has 20 heavy (non-hydrogen) atoms. The number of nitrogens with one attached hydrogen (secondary N) is 2. The SMILES string of the molecule is O=C(Cc1csc(N2CCNC2=O)n1)NCC(F)(F)F. The molecule has 0 atom stereocenters. The number of hydrogen-bond acceptors (Lipinski definition) is 4. The Morgan fingerprint density at radius 3 is 2.90 bits per heavy atom. The molecule has 0 unspecified atom stereocenters. The Labute approximate surface area is 116 Å². The fraction of sp³-hybridized carbons (Fsp3) is 0.500. The van der Waals surface area contributed by atoms with E-state index in [0.29, 0.717) is 23.9 Å². The van der Waals surface area contributed by atoms with Crippen LogP contribution in [-0.4, -0.2) is 42.7 Å². The molecule has 1 fully saturated rings. The van der Waals surface area contributed by atoms with Crippen LogP contribution in [0.15, 0.2) is 5.38 Å². The van der Waals surface area contributed by atoms with Crippen molar-refractivity contribution in [2.45, 2.75) is 12.6 Å². The number of anilines is 1. The van der Waals surface area contributed by atoms with Crippen molar-refractivity contribution in [2.24, 2.45) is 0 Å². The summed E-state index contributed by atoms with van der Waals surface area (Å²) in [6.45, 7) is -0.372. The molecule has 0 spiro atoms. The molecule has 2 rings (SSSR count). The molecule has 2 N–H and O–H groups in total. The molecule has 1 aliphatic rings. The van der Waals surface area contributed by atoms with E-state index in [-0.39, 0.29) is 12.5 Å². The molecule has 1 aliphatic heterocycles. The number of thiazole rings is 1. The smallest absolute Gasteiger partial charge is 0.347 e. The number of rotatable bonds is 4. The van der Waals surface area contributed by atoms with Crippen molar-refractivity contribution in [1.82, 2.24) is 15.6 Å². The summed E-state index contributed by atoms with van der Waals surface area (Å²) < 4.78 is 35.8. The summed E-state index contributed by atoms with van der Waals surface area (Å²) >= 11 is 1.17. The summed E-state index contributed by atoms with van der Waals surface area (Å²) in [4.78, 5) is 28.2. The maximum absolute atomic E-state index is 11.9. The normalized spacial score (nSPS) is 15.3. The summed E-state index contributed by atoms with van der Waals surface area (Å²) in [5.41, 5.74) is 0.337. The fourth-order valence-electron chi connectivity index (χ4n) is 1.58. The number of urea groups is 1. The lowest BCUT2D eigenvalue weighted by Crippen LogP contribution is -2.34. The maximum atomic E-state index is 11.9. The third-order valence-electron chi connectivity index (χ3n) is 2.45. The van der Waals surface area contributed by atoms with E-state index in [9.17, 15) is 22.8 Å². The molecule has 110 valence electrons. The van der Waals surface area contributed by atoms with Gasteiger partial charge >= 0.3 is 12.2 Å². The van der Waals surface area contributed by atoms with E-state index in [1.165, 1.54) is 16.2 Å². The van der Waals surface area contributed by atoms with Gasteiger partial charge in [0.05, 0.1) is 12.1 Å². The van der Waals surface area contributed by atoms with Crippen LogP contribution in [0.1, 0.15) is 5.69 Å². The van der Waals surface area contributed by atoms with Crippen LogP contribution < -0.4 is 15.5 Å². The average Bonchev–Trinajstić information content (AvgIpc) is 2.94. The van der Waals surface area contributed by atoms with Gasteiger partial charge in [0, 0.05) is 18.5 Å². The lowest BCUT2D eigenvalue weighted by atomic mass is 10.3. The molecule has 0 saturated carbocycles. The van der Waals surface area contributed by atoms with E-state index in [1.807, 2.05) is 0 Å². The minimum atomic E-state index is -4.43. The number of amides is 3. The van der Waals surface area contributed by atoms with Gasteiger partial charge in [0.1, 0.15) is 6.54 Å². The number of carbonyl (C=O) groups excluding carboxylic acids is 2. The third-order valence-corrected chi connectivity index (χ3v) is 3.37. The van der Waals surface area contributed by atoms with Gasteiger partial charge in [-0.3, -0.25) is 9.69 Å². The van der Waals surface area contributed by atoms with Gasteiger partial charge in [0.15, 0.2) is 5.13 Å². The first-order valence-electron chi connectivity index (χ1n) is 5.68. The molecule has 0 aliphatic carbocycles. The minimum absolute atomic E-state index is 0.248. The van der Waals surface area contributed by atoms with Crippen LogP contribution in [0.25, 0.3) is 0 Å². The number of nitrogens with zero attached hydrogens (tertiary/aromatic N) is 2. The van der Waals surface area contributed by atoms with Crippen LogP contribution in [0.2, 0.25) is 0 Å². The summed E-state index contributed by atoms with van der Waals surface area (Å²) in [5.74, 6) is -0.759. The summed E-state index contributed by atoms with van der Waals surface area (Å²) in [6, 6.07) is -0.271. The van der Waals surface area contributed by atoms with Crippen LogP contribution in [0, 0.1) is 0 Å². The molecular weight excluding hydrogens is 297 g/mol. The second-order valence-electron chi connectivity index (χ2n) is 4.07. The molecule has 0 bridgehead atoms. The zero-order chi connectivity index (χ0) is 14.8. The lowest BCUT2D eigenvalue weighted by Gasteiger charge is -2.09. The number of hydrogen-bond donors (Lipinski definition) is 2. The molecule has 2 heterocycles. The van der Waals surface area contributed by atoms with E-state index < -0.39 is 18.6 Å².